The molecule has 1 aromatic heterocycles. The number of nitrogens with zero attached hydrogens (tertiary/aromatic N) is 1. The number of ether oxygens (including phenoxy) is 1. The normalized spacial score (nSPS) is 11.9. The SMILES string of the molecule is CCOC(=O)c1cccnc1NCCC(C)O. The number of pyridine rings is 1. The molecule has 1 unspecified atom stereocenters. The number of hydrogen-bond donors (Lipinski definition) is 2. The molecule has 94 valence electrons. The molecule has 5 nitrogen and oxygen atoms in total. The number of carbonyl (C=O) groups excluding carboxylic acids is 1. The van der Waals surface area contributed by atoms with Gasteiger partial charge in [-0.3, -0.25) is 0 Å². The molecular weight excluding hydrogens is 220 g/mol. The monoisotopic (exact) mass is 238 g/mol. The van der Waals surface area contributed by atoms with Crippen LogP contribution in [0.4, 0.5) is 5.82 Å². The maximum atomic E-state index is 11.6. The molecular formula is C12H18N2O3. The van der Waals surface area contributed by atoms with Crippen molar-refractivity contribution in [1.82, 2.24) is 4.98 Å². The molecule has 5 heteroatoms. The summed E-state index contributed by atoms with van der Waals surface area (Å²) in [5.74, 6) is 0.103. The summed E-state index contributed by atoms with van der Waals surface area (Å²) in [5, 5.41) is 12.2. The second-order valence-corrected chi connectivity index (χ2v) is 3.68. The predicted molar refractivity (Wildman–Crippen MR) is 65.0 cm³/mol. The fourth-order valence-corrected chi connectivity index (χ4v) is 1.32. The van der Waals surface area contributed by atoms with Crippen molar-refractivity contribution < 1.29 is 14.6 Å². The zero-order chi connectivity index (χ0) is 12.7. The molecule has 0 aliphatic heterocycles. The van der Waals surface area contributed by atoms with Crippen molar-refractivity contribution in [3.63, 3.8) is 0 Å². The van der Waals surface area contributed by atoms with E-state index in [9.17, 15) is 4.79 Å². The van der Waals surface area contributed by atoms with E-state index in [4.69, 9.17) is 9.84 Å². The molecule has 2 N–H and O–H groups in total. The summed E-state index contributed by atoms with van der Waals surface area (Å²) >= 11 is 0. The lowest BCUT2D eigenvalue weighted by molar-refractivity contribution is 0.0527. The van der Waals surface area contributed by atoms with Crippen LogP contribution in [0.5, 0.6) is 0 Å². The highest BCUT2D eigenvalue weighted by Gasteiger charge is 2.12. The van der Waals surface area contributed by atoms with E-state index in [0.29, 0.717) is 31.0 Å². The second kappa shape index (κ2) is 6.85. The van der Waals surface area contributed by atoms with Crippen molar-refractivity contribution in [1.29, 1.82) is 0 Å². The van der Waals surface area contributed by atoms with Gasteiger partial charge in [-0.25, -0.2) is 9.78 Å². The highest BCUT2D eigenvalue weighted by Crippen LogP contribution is 2.12. The Morgan fingerprint density at radius 3 is 3.06 bits per heavy atom. The van der Waals surface area contributed by atoms with Crippen LogP contribution in [0.3, 0.4) is 0 Å². The maximum absolute atomic E-state index is 11.6. The molecule has 1 rings (SSSR count). The fraction of sp³-hybridized carbons (Fsp3) is 0.500. The van der Waals surface area contributed by atoms with Gasteiger partial charge in [-0.05, 0) is 32.4 Å². The van der Waals surface area contributed by atoms with Crippen LogP contribution in [0.15, 0.2) is 18.3 Å². The number of anilines is 1. The van der Waals surface area contributed by atoms with Crippen LogP contribution in [0.1, 0.15) is 30.6 Å². The predicted octanol–water partition coefficient (Wildman–Crippen LogP) is 1.44. The van der Waals surface area contributed by atoms with E-state index in [-0.39, 0.29) is 12.1 Å². The molecule has 0 saturated heterocycles. The highest BCUT2D eigenvalue weighted by molar-refractivity contribution is 5.94. The van der Waals surface area contributed by atoms with Gasteiger partial charge >= 0.3 is 5.97 Å². The Kier molecular flexibility index (Phi) is 5.42. The summed E-state index contributed by atoms with van der Waals surface area (Å²) < 4.78 is 4.93. The minimum Gasteiger partial charge on any atom is -0.462 e. The smallest absolute Gasteiger partial charge is 0.341 e. The standard InChI is InChI=1S/C12H18N2O3/c1-3-17-12(16)10-5-4-7-13-11(10)14-8-6-9(2)15/h4-5,7,9,15H,3,6,8H2,1-2H3,(H,13,14). The van der Waals surface area contributed by atoms with Gasteiger partial charge in [-0.1, -0.05) is 0 Å². The van der Waals surface area contributed by atoms with Crippen molar-refractivity contribution >= 4 is 11.8 Å². The summed E-state index contributed by atoms with van der Waals surface area (Å²) in [6.45, 7) is 4.36. The summed E-state index contributed by atoms with van der Waals surface area (Å²) in [7, 11) is 0. The number of esters is 1. The molecule has 0 aliphatic rings. The molecule has 0 fully saturated rings. The zero-order valence-corrected chi connectivity index (χ0v) is 10.1. The number of aliphatic hydroxyl groups excluding tert-OH is 1. The van der Waals surface area contributed by atoms with Gasteiger partial charge in [0.15, 0.2) is 0 Å². The quantitative estimate of drug-likeness (QED) is 0.734. The Morgan fingerprint density at radius 2 is 2.41 bits per heavy atom. The molecule has 1 atom stereocenters. The minimum absolute atomic E-state index is 0.334. The topological polar surface area (TPSA) is 71.5 Å². The van der Waals surface area contributed by atoms with E-state index < -0.39 is 0 Å². The third-order valence-electron chi connectivity index (χ3n) is 2.16. The van der Waals surface area contributed by atoms with Crippen molar-refractivity contribution in [2.75, 3.05) is 18.5 Å². The number of aliphatic hydroxyl groups is 1. The van der Waals surface area contributed by atoms with Gasteiger partial charge in [0.25, 0.3) is 0 Å². The third kappa shape index (κ3) is 4.40. The number of carbonyl (C=O) groups is 1. The largest absolute Gasteiger partial charge is 0.462 e. The first-order chi connectivity index (χ1) is 8.15. The zero-order valence-electron chi connectivity index (χ0n) is 10.1. The Morgan fingerprint density at radius 1 is 1.65 bits per heavy atom. The molecule has 0 bridgehead atoms. The maximum Gasteiger partial charge on any atom is 0.341 e. The van der Waals surface area contributed by atoms with Crippen LogP contribution in [0.25, 0.3) is 0 Å². The lowest BCUT2D eigenvalue weighted by atomic mass is 10.2. The van der Waals surface area contributed by atoms with Crippen LogP contribution in [-0.4, -0.2) is 35.3 Å². The van der Waals surface area contributed by atoms with E-state index >= 15 is 0 Å². The summed E-state index contributed by atoms with van der Waals surface area (Å²) in [5.41, 5.74) is 0.417. The summed E-state index contributed by atoms with van der Waals surface area (Å²) in [6, 6.07) is 3.35. The molecule has 1 aromatic rings. The highest BCUT2D eigenvalue weighted by atomic mass is 16.5. The number of aromatic nitrogens is 1. The van der Waals surface area contributed by atoms with Crippen molar-refractivity contribution in [3.05, 3.63) is 23.9 Å². The Bertz CT molecular complexity index is 367. The molecule has 17 heavy (non-hydrogen) atoms. The van der Waals surface area contributed by atoms with Gasteiger partial charge < -0.3 is 15.2 Å². The van der Waals surface area contributed by atoms with Crippen LogP contribution in [-0.2, 0) is 4.74 Å². The Balaban J connectivity index is 2.67. The fourth-order valence-electron chi connectivity index (χ4n) is 1.32. The third-order valence-corrected chi connectivity index (χ3v) is 2.16. The van der Waals surface area contributed by atoms with Gasteiger partial charge in [0, 0.05) is 12.7 Å². The molecule has 0 aliphatic carbocycles. The number of nitrogens with one attached hydrogen (secondary N) is 1. The number of hydrogen-bond acceptors (Lipinski definition) is 5. The molecule has 0 radical (unpaired) electrons. The second-order valence-electron chi connectivity index (χ2n) is 3.68. The van der Waals surface area contributed by atoms with Gasteiger partial charge in [0.2, 0.25) is 0 Å². The van der Waals surface area contributed by atoms with Crippen LogP contribution in [0, 0.1) is 0 Å². The van der Waals surface area contributed by atoms with Crippen LogP contribution in [0.2, 0.25) is 0 Å². The van der Waals surface area contributed by atoms with E-state index in [1.807, 2.05) is 0 Å². The first-order valence-electron chi connectivity index (χ1n) is 5.69. The van der Waals surface area contributed by atoms with Crippen molar-refractivity contribution in [2.24, 2.45) is 0 Å². The lowest BCUT2D eigenvalue weighted by Crippen LogP contribution is -2.14. The molecule has 0 spiro atoms. The summed E-state index contributed by atoms with van der Waals surface area (Å²) in [6.07, 6.45) is 1.82. The van der Waals surface area contributed by atoms with Gasteiger partial charge in [0.1, 0.15) is 11.4 Å². The molecule has 0 aromatic carbocycles. The lowest BCUT2D eigenvalue weighted by Gasteiger charge is -2.10. The average molecular weight is 238 g/mol. The first-order valence-corrected chi connectivity index (χ1v) is 5.69. The van der Waals surface area contributed by atoms with Gasteiger partial charge in [0.05, 0.1) is 12.7 Å². The van der Waals surface area contributed by atoms with Crippen molar-refractivity contribution in [2.45, 2.75) is 26.4 Å². The average Bonchev–Trinajstić information content (AvgIpc) is 2.29. The Labute approximate surface area is 101 Å². The van der Waals surface area contributed by atoms with E-state index in [0.717, 1.165) is 0 Å². The van der Waals surface area contributed by atoms with E-state index in [2.05, 4.69) is 10.3 Å². The molecule has 1 heterocycles. The van der Waals surface area contributed by atoms with Crippen molar-refractivity contribution in [3.8, 4) is 0 Å². The molecule has 0 amide bonds. The van der Waals surface area contributed by atoms with E-state index in [1.54, 1.807) is 32.2 Å². The molecule has 0 saturated carbocycles. The first kappa shape index (κ1) is 13.4. The minimum atomic E-state index is -0.389. The van der Waals surface area contributed by atoms with Gasteiger partial charge in [-0.15, -0.1) is 0 Å². The van der Waals surface area contributed by atoms with Crippen LogP contribution >= 0.6 is 0 Å². The van der Waals surface area contributed by atoms with Gasteiger partial charge in [-0.2, -0.15) is 0 Å². The van der Waals surface area contributed by atoms with Crippen LogP contribution < -0.4 is 5.32 Å². The number of rotatable bonds is 6. The Hall–Kier alpha value is -1.62. The summed E-state index contributed by atoms with van der Waals surface area (Å²) in [4.78, 5) is 15.7. The van der Waals surface area contributed by atoms with E-state index in [1.165, 1.54) is 0 Å².